The van der Waals surface area contributed by atoms with Crippen molar-refractivity contribution in [2.45, 2.75) is 26.3 Å². The molecule has 0 aromatic heterocycles. The van der Waals surface area contributed by atoms with Crippen LogP contribution in [0.15, 0.2) is 48.5 Å². The molecule has 1 unspecified atom stereocenters. The maximum absolute atomic E-state index is 9.10. The van der Waals surface area contributed by atoms with Gasteiger partial charge in [-0.1, -0.05) is 37.3 Å². The zero-order valence-electron chi connectivity index (χ0n) is 12.7. The molecule has 0 amide bonds. The summed E-state index contributed by atoms with van der Waals surface area (Å²) in [6, 6.07) is 16.3. The molecule has 3 heteroatoms. The highest BCUT2D eigenvalue weighted by Crippen LogP contribution is 2.26. The minimum Gasteiger partial charge on any atom is -0.457 e. The molecule has 2 rings (SSSR count). The van der Waals surface area contributed by atoms with E-state index >= 15 is 0 Å². The number of rotatable bonds is 7. The summed E-state index contributed by atoms with van der Waals surface area (Å²) in [6.45, 7) is 5.33. The zero-order chi connectivity index (χ0) is 15.1. The summed E-state index contributed by atoms with van der Waals surface area (Å²) in [7, 11) is 0. The molecule has 0 spiro atoms. The molecule has 0 saturated carbocycles. The Labute approximate surface area is 126 Å². The van der Waals surface area contributed by atoms with Crippen molar-refractivity contribution in [2.75, 3.05) is 13.2 Å². The minimum absolute atomic E-state index is 0.125. The van der Waals surface area contributed by atoms with Gasteiger partial charge in [-0.05, 0) is 49.2 Å². The van der Waals surface area contributed by atoms with Crippen molar-refractivity contribution in [3.05, 3.63) is 59.7 Å². The molecule has 2 aromatic rings. The SMILES string of the molecule is CCNC(C)c1ccc(Oc2ccccc2CCO)cc1. The lowest BCUT2D eigenvalue weighted by Crippen LogP contribution is -2.17. The van der Waals surface area contributed by atoms with Gasteiger partial charge in [-0.3, -0.25) is 0 Å². The molecule has 0 bridgehead atoms. The Balaban J connectivity index is 2.10. The summed E-state index contributed by atoms with van der Waals surface area (Å²) in [6.07, 6.45) is 0.603. The van der Waals surface area contributed by atoms with Gasteiger partial charge in [0.2, 0.25) is 0 Å². The van der Waals surface area contributed by atoms with E-state index < -0.39 is 0 Å². The number of hydrogen-bond donors (Lipinski definition) is 2. The molecular formula is C18H23NO2. The lowest BCUT2D eigenvalue weighted by molar-refractivity contribution is 0.298. The third-order valence-corrected chi connectivity index (χ3v) is 3.47. The van der Waals surface area contributed by atoms with Crippen LogP contribution in [0.4, 0.5) is 0 Å². The zero-order valence-corrected chi connectivity index (χ0v) is 12.7. The summed E-state index contributed by atoms with van der Waals surface area (Å²) < 4.78 is 5.93. The van der Waals surface area contributed by atoms with Gasteiger partial charge in [0.15, 0.2) is 0 Å². The first kappa shape index (κ1) is 15.5. The van der Waals surface area contributed by atoms with Gasteiger partial charge in [0.05, 0.1) is 0 Å². The van der Waals surface area contributed by atoms with Crippen LogP contribution in [-0.4, -0.2) is 18.3 Å². The van der Waals surface area contributed by atoms with Crippen LogP contribution in [0.3, 0.4) is 0 Å². The Bertz CT molecular complexity index is 551. The van der Waals surface area contributed by atoms with E-state index in [9.17, 15) is 0 Å². The highest BCUT2D eigenvalue weighted by molar-refractivity contribution is 5.39. The fourth-order valence-corrected chi connectivity index (χ4v) is 2.31. The second-order valence-electron chi connectivity index (χ2n) is 5.03. The van der Waals surface area contributed by atoms with Crippen LogP contribution in [-0.2, 0) is 6.42 Å². The maximum Gasteiger partial charge on any atom is 0.130 e. The molecule has 3 nitrogen and oxygen atoms in total. The second-order valence-corrected chi connectivity index (χ2v) is 5.03. The largest absolute Gasteiger partial charge is 0.457 e. The molecule has 112 valence electrons. The van der Waals surface area contributed by atoms with Gasteiger partial charge in [0.1, 0.15) is 11.5 Å². The molecule has 2 aromatic carbocycles. The van der Waals surface area contributed by atoms with E-state index in [4.69, 9.17) is 9.84 Å². The first-order valence-electron chi connectivity index (χ1n) is 7.44. The Morgan fingerprint density at radius 2 is 1.81 bits per heavy atom. The van der Waals surface area contributed by atoms with Gasteiger partial charge in [-0.25, -0.2) is 0 Å². The first-order chi connectivity index (χ1) is 10.2. The van der Waals surface area contributed by atoms with Crippen LogP contribution in [0, 0.1) is 0 Å². The van der Waals surface area contributed by atoms with Gasteiger partial charge in [0.25, 0.3) is 0 Å². The van der Waals surface area contributed by atoms with E-state index in [2.05, 4.69) is 31.3 Å². The van der Waals surface area contributed by atoms with Crippen molar-refractivity contribution >= 4 is 0 Å². The molecule has 0 heterocycles. The number of benzene rings is 2. The molecule has 2 N–H and O–H groups in total. The summed E-state index contributed by atoms with van der Waals surface area (Å²) in [5, 5.41) is 12.5. The van der Waals surface area contributed by atoms with E-state index in [1.807, 2.05) is 36.4 Å². The van der Waals surface area contributed by atoms with E-state index in [0.717, 1.165) is 23.6 Å². The third kappa shape index (κ3) is 4.31. The monoisotopic (exact) mass is 285 g/mol. The van der Waals surface area contributed by atoms with Crippen molar-refractivity contribution in [1.82, 2.24) is 5.32 Å². The van der Waals surface area contributed by atoms with E-state index in [0.29, 0.717) is 12.5 Å². The van der Waals surface area contributed by atoms with Crippen LogP contribution >= 0.6 is 0 Å². The number of para-hydroxylation sites is 1. The molecule has 0 radical (unpaired) electrons. The maximum atomic E-state index is 9.10. The Kier molecular flexibility index (Phi) is 5.78. The van der Waals surface area contributed by atoms with Gasteiger partial charge >= 0.3 is 0 Å². The highest BCUT2D eigenvalue weighted by Gasteiger charge is 2.06. The predicted molar refractivity (Wildman–Crippen MR) is 85.8 cm³/mol. The average molecular weight is 285 g/mol. The Morgan fingerprint density at radius 3 is 2.48 bits per heavy atom. The number of ether oxygens (including phenoxy) is 1. The van der Waals surface area contributed by atoms with E-state index in [1.165, 1.54) is 5.56 Å². The molecule has 0 aliphatic heterocycles. The van der Waals surface area contributed by atoms with Gasteiger partial charge in [-0.2, -0.15) is 0 Å². The number of aliphatic hydroxyl groups excluding tert-OH is 1. The van der Waals surface area contributed by atoms with E-state index in [1.54, 1.807) is 0 Å². The number of nitrogens with one attached hydrogen (secondary N) is 1. The molecule has 21 heavy (non-hydrogen) atoms. The molecule has 0 fully saturated rings. The number of hydrogen-bond acceptors (Lipinski definition) is 3. The van der Waals surface area contributed by atoms with E-state index in [-0.39, 0.29) is 6.61 Å². The lowest BCUT2D eigenvalue weighted by Gasteiger charge is -2.14. The molecular weight excluding hydrogens is 262 g/mol. The fraction of sp³-hybridized carbons (Fsp3) is 0.333. The van der Waals surface area contributed by atoms with Crippen molar-refractivity contribution in [1.29, 1.82) is 0 Å². The predicted octanol–water partition coefficient (Wildman–Crippen LogP) is 3.68. The van der Waals surface area contributed by atoms with Crippen LogP contribution in [0.2, 0.25) is 0 Å². The summed E-state index contributed by atoms with van der Waals surface area (Å²) in [5.74, 6) is 1.62. The summed E-state index contributed by atoms with van der Waals surface area (Å²) in [5.41, 5.74) is 2.26. The standard InChI is InChI=1S/C18H23NO2/c1-3-19-14(2)15-8-10-17(11-9-15)21-18-7-5-4-6-16(18)12-13-20/h4-11,14,19-20H,3,12-13H2,1-2H3. The number of aliphatic hydroxyl groups is 1. The lowest BCUT2D eigenvalue weighted by atomic mass is 10.1. The third-order valence-electron chi connectivity index (χ3n) is 3.47. The highest BCUT2D eigenvalue weighted by atomic mass is 16.5. The quantitative estimate of drug-likeness (QED) is 0.815. The fourth-order valence-electron chi connectivity index (χ4n) is 2.31. The van der Waals surface area contributed by atoms with Crippen LogP contribution in [0.1, 0.15) is 31.0 Å². The summed E-state index contributed by atoms with van der Waals surface area (Å²) in [4.78, 5) is 0. The second kappa shape index (κ2) is 7.81. The van der Waals surface area contributed by atoms with Gasteiger partial charge < -0.3 is 15.2 Å². The molecule has 1 atom stereocenters. The topological polar surface area (TPSA) is 41.5 Å². The smallest absolute Gasteiger partial charge is 0.130 e. The van der Waals surface area contributed by atoms with Crippen LogP contribution in [0.5, 0.6) is 11.5 Å². The molecule has 0 aliphatic carbocycles. The molecule has 0 saturated heterocycles. The van der Waals surface area contributed by atoms with Crippen molar-refractivity contribution in [3.8, 4) is 11.5 Å². The average Bonchev–Trinajstić information content (AvgIpc) is 2.50. The van der Waals surface area contributed by atoms with Crippen molar-refractivity contribution in [3.63, 3.8) is 0 Å². The van der Waals surface area contributed by atoms with Crippen LogP contribution < -0.4 is 10.1 Å². The Hall–Kier alpha value is -1.84. The molecule has 0 aliphatic rings. The van der Waals surface area contributed by atoms with Crippen molar-refractivity contribution < 1.29 is 9.84 Å². The summed E-state index contributed by atoms with van der Waals surface area (Å²) >= 11 is 0. The Morgan fingerprint density at radius 1 is 1.10 bits per heavy atom. The normalized spacial score (nSPS) is 12.1. The van der Waals surface area contributed by atoms with Gasteiger partial charge in [-0.15, -0.1) is 0 Å². The minimum atomic E-state index is 0.125. The van der Waals surface area contributed by atoms with Crippen molar-refractivity contribution in [2.24, 2.45) is 0 Å². The van der Waals surface area contributed by atoms with Gasteiger partial charge in [0, 0.05) is 12.6 Å². The van der Waals surface area contributed by atoms with Crippen LogP contribution in [0.25, 0.3) is 0 Å². The first-order valence-corrected chi connectivity index (χ1v) is 7.44.